The van der Waals surface area contributed by atoms with Crippen molar-refractivity contribution in [3.63, 3.8) is 0 Å². The molecule has 1 unspecified atom stereocenters. The molecule has 0 aromatic rings. The lowest BCUT2D eigenvalue weighted by Crippen LogP contribution is -1.97. The van der Waals surface area contributed by atoms with Crippen LogP contribution >= 0.6 is 0 Å². The van der Waals surface area contributed by atoms with Gasteiger partial charge in [-0.2, -0.15) is 0 Å². The van der Waals surface area contributed by atoms with Crippen LogP contribution in [0, 0.1) is 11.3 Å². The van der Waals surface area contributed by atoms with Gasteiger partial charge in [-0.1, -0.05) is 18.6 Å². The normalized spacial score (nSPS) is 32.8. The smallest absolute Gasteiger partial charge is 0.123 e. The summed E-state index contributed by atoms with van der Waals surface area (Å²) in [4.78, 5) is 10.5. The SMILES string of the molecule is CC(C)=CCCC1(C)C[C@@H]1C=O. The first-order valence-electron chi connectivity index (χ1n) is 4.67. The molecule has 68 valence electrons. The Kier molecular flexibility index (Phi) is 2.71. The molecule has 1 aliphatic carbocycles. The van der Waals surface area contributed by atoms with Crippen LogP contribution in [0.25, 0.3) is 0 Å². The topological polar surface area (TPSA) is 17.1 Å². The number of allylic oxidation sites excluding steroid dienone is 2. The van der Waals surface area contributed by atoms with Crippen molar-refractivity contribution in [3.8, 4) is 0 Å². The lowest BCUT2D eigenvalue weighted by atomic mass is 9.99. The summed E-state index contributed by atoms with van der Waals surface area (Å²) in [6.07, 6.45) is 6.77. The van der Waals surface area contributed by atoms with Crippen molar-refractivity contribution in [1.29, 1.82) is 0 Å². The Morgan fingerprint density at radius 1 is 1.58 bits per heavy atom. The average molecular weight is 166 g/mol. The molecule has 0 spiro atoms. The Hall–Kier alpha value is -0.590. The van der Waals surface area contributed by atoms with Gasteiger partial charge in [0.15, 0.2) is 0 Å². The number of carbonyl (C=O) groups excluding carboxylic acids is 1. The predicted octanol–water partition coefficient (Wildman–Crippen LogP) is 2.96. The number of rotatable bonds is 4. The van der Waals surface area contributed by atoms with Gasteiger partial charge in [0.25, 0.3) is 0 Å². The molecule has 0 aromatic carbocycles. The van der Waals surface area contributed by atoms with Crippen molar-refractivity contribution in [2.24, 2.45) is 11.3 Å². The zero-order valence-corrected chi connectivity index (χ0v) is 8.26. The van der Waals surface area contributed by atoms with Gasteiger partial charge in [0.1, 0.15) is 6.29 Å². The fourth-order valence-electron chi connectivity index (χ4n) is 1.63. The number of carbonyl (C=O) groups is 1. The minimum Gasteiger partial charge on any atom is -0.303 e. The van der Waals surface area contributed by atoms with E-state index in [2.05, 4.69) is 26.8 Å². The molecule has 0 saturated heterocycles. The fraction of sp³-hybridized carbons (Fsp3) is 0.727. The molecule has 0 aliphatic heterocycles. The van der Waals surface area contributed by atoms with Crippen LogP contribution < -0.4 is 0 Å². The molecule has 1 aliphatic rings. The van der Waals surface area contributed by atoms with Crippen molar-refractivity contribution in [3.05, 3.63) is 11.6 Å². The van der Waals surface area contributed by atoms with Gasteiger partial charge in [-0.25, -0.2) is 0 Å². The Morgan fingerprint density at radius 2 is 2.25 bits per heavy atom. The summed E-state index contributed by atoms with van der Waals surface area (Å²) in [6.45, 7) is 6.45. The predicted molar refractivity (Wildman–Crippen MR) is 50.9 cm³/mol. The average Bonchev–Trinajstić information content (AvgIpc) is 2.61. The molecule has 0 amide bonds. The van der Waals surface area contributed by atoms with Crippen molar-refractivity contribution < 1.29 is 4.79 Å². The van der Waals surface area contributed by atoms with Gasteiger partial charge in [0.05, 0.1) is 0 Å². The van der Waals surface area contributed by atoms with Gasteiger partial charge < -0.3 is 4.79 Å². The Bertz CT molecular complexity index is 201. The van der Waals surface area contributed by atoms with Crippen LogP contribution in [0.1, 0.15) is 40.0 Å². The summed E-state index contributed by atoms with van der Waals surface area (Å²) in [5.41, 5.74) is 1.72. The Labute approximate surface area is 74.9 Å². The summed E-state index contributed by atoms with van der Waals surface area (Å²) in [5.74, 6) is 0.350. The van der Waals surface area contributed by atoms with E-state index < -0.39 is 0 Å². The van der Waals surface area contributed by atoms with Crippen molar-refractivity contribution in [2.75, 3.05) is 0 Å². The molecular formula is C11H18O. The molecule has 0 bridgehead atoms. The molecule has 12 heavy (non-hydrogen) atoms. The molecule has 1 rings (SSSR count). The van der Waals surface area contributed by atoms with E-state index in [9.17, 15) is 4.79 Å². The minimum atomic E-state index is 0.341. The first-order valence-corrected chi connectivity index (χ1v) is 4.67. The van der Waals surface area contributed by atoms with Crippen LogP contribution in [0.5, 0.6) is 0 Å². The monoisotopic (exact) mass is 166 g/mol. The van der Waals surface area contributed by atoms with E-state index in [1.807, 2.05) is 0 Å². The lowest BCUT2D eigenvalue weighted by Gasteiger charge is -2.05. The molecule has 0 heterocycles. The van der Waals surface area contributed by atoms with Crippen LogP contribution in [-0.2, 0) is 4.79 Å². The second kappa shape index (κ2) is 3.42. The van der Waals surface area contributed by atoms with Gasteiger partial charge >= 0.3 is 0 Å². The second-order valence-electron chi connectivity index (χ2n) is 4.42. The number of hydrogen-bond acceptors (Lipinski definition) is 1. The number of hydrogen-bond donors (Lipinski definition) is 0. The third kappa shape index (κ3) is 2.20. The van der Waals surface area contributed by atoms with E-state index in [4.69, 9.17) is 0 Å². The highest BCUT2D eigenvalue weighted by atomic mass is 16.1. The highest BCUT2D eigenvalue weighted by Crippen LogP contribution is 2.54. The van der Waals surface area contributed by atoms with E-state index in [0.717, 1.165) is 19.1 Å². The van der Waals surface area contributed by atoms with E-state index in [-0.39, 0.29) is 0 Å². The maximum Gasteiger partial charge on any atom is 0.123 e. The third-order valence-electron chi connectivity index (χ3n) is 2.85. The van der Waals surface area contributed by atoms with E-state index in [1.165, 1.54) is 12.0 Å². The summed E-state index contributed by atoms with van der Waals surface area (Å²) in [7, 11) is 0. The highest BCUT2D eigenvalue weighted by molar-refractivity contribution is 5.59. The Morgan fingerprint density at radius 3 is 2.67 bits per heavy atom. The maximum atomic E-state index is 10.5. The lowest BCUT2D eigenvalue weighted by molar-refractivity contribution is -0.109. The molecule has 0 N–H and O–H groups in total. The van der Waals surface area contributed by atoms with E-state index in [1.54, 1.807) is 0 Å². The van der Waals surface area contributed by atoms with E-state index in [0.29, 0.717) is 11.3 Å². The molecule has 1 saturated carbocycles. The fourth-order valence-corrected chi connectivity index (χ4v) is 1.63. The van der Waals surface area contributed by atoms with Crippen LogP contribution in [-0.4, -0.2) is 6.29 Å². The summed E-state index contributed by atoms with van der Waals surface area (Å²) in [6, 6.07) is 0. The molecular weight excluding hydrogens is 148 g/mol. The summed E-state index contributed by atoms with van der Waals surface area (Å²) < 4.78 is 0. The molecule has 1 nitrogen and oxygen atoms in total. The largest absolute Gasteiger partial charge is 0.303 e. The van der Waals surface area contributed by atoms with Crippen molar-refractivity contribution >= 4 is 6.29 Å². The molecule has 2 atom stereocenters. The first kappa shape index (κ1) is 9.50. The van der Waals surface area contributed by atoms with Crippen molar-refractivity contribution in [2.45, 2.75) is 40.0 Å². The van der Waals surface area contributed by atoms with Gasteiger partial charge in [-0.05, 0) is 38.5 Å². The highest BCUT2D eigenvalue weighted by Gasteiger charge is 2.48. The first-order chi connectivity index (χ1) is 5.58. The zero-order chi connectivity index (χ0) is 9.19. The van der Waals surface area contributed by atoms with Gasteiger partial charge in [0, 0.05) is 5.92 Å². The maximum absolute atomic E-state index is 10.5. The van der Waals surface area contributed by atoms with Crippen LogP contribution in [0.4, 0.5) is 0 Å². The third-order valence-corrected chi connectivity index (χ3v) is 2.85. The zero-order valence-electron chi connectivity index (χ0n) is 8.26. The summed E-state index contributed by atoms with van der Waals surface area (Å²) in [5, 5.41) is 0. The minimum absolute atomic E-state index is 0.341. The van der Waals surface area contributed by atoms with Crippen LogP contribution in [0.3, 0.4) is 0 Å². The molecule has 0 aromatic heterocycles. The van der Waals surface area contributed by atoms with Crippen LogP contribution in [0.15, 0.2) is 11.6 Å². The summed E-state index contributed by atoms with van der Waals surface area (Å²) >= 11 is 0. The quantitative estimate of drug-likeness (QED) is 0.463. The second-order valence-corrected chi connectivity index (χ2v) is 4.42. The molecule has 1 heteroatoms. The molecule has 1 fully saturated rings. The van der Waals surface area contributed by atoms with Gasteiger partial charge in [-0.15, -0.1) is 0 Å². The standard InChI is InChI=1S/C11H18O/c1-9(2)5-4-6-11(3)7-10(11)8-12/h5,8,10H,4,6-7H2,1-3H3/t10-,11?/m1/s1. The molecule has 0 radical (unpaired) electrons. The number of aldehydes is 1. The van der Waals surface area contributed by atoms with Crippen LogP contribution in [0.2, 0.25) is 0 Å². The Balaban J connectivity index is 2.25. The van der Waals surface area contributed by atoms with Gasteiger partial charge in [0.2, 0.25) is 0 Å². The van der Waals surface area contributed by atoms with Gasteiger partial charge in [-0.3, -0.25) is 0 Å². The van der Waals surface area contributed by atoms with Crippen molar-refractivity contribution in [1.82, 2.24) is 0 Å². The van der Waals surface area contributed by atoms with E-state index >= 15 is 0 Å².